The number of carbonyl (C=O) groups is 1. The smallest absolute Gasteiger partial charge is 0.439 e. The van der Waals surface area contributed by atoms with E-state index in [1.807, 2.05) is 61.5 Å². The van der Waals surface area contributed by atoms with Crippen molar-refractivity contribution in [1.82, 2.24) is 5.06 Å². The lowest BCUT2D eigenvalue weighted by molar-refractivity contribution is -0.0691. The highest BCUT2D eigenvalue weighted by Gasteiger charge is 2.31. The van der Waals surface area contributed by atoms with Crippen LogP contribution in [0.15, 0.2) is 58.2 Å². The van der Waals surface area contributed by atoms with Crippen LogP contribution >= 0.6 is 22.6 Å². The van der Waals surface area contributed by atoms with Crippen molar-refractivity contribution in [3.63, 3.8) is 0 Å². The van der Waals surface area contributed by atoms with Gasteiger partial charge in [0.25, 0.3) is 0 Å². The summed E-state index contributed by atoms with van der Waals surface area (Å²) in [6.07, 6.45) is -0.501. The Hall–Kier alpha value is -1.86. The van der Waals surface area contributed by atoms with E-state index < -0.39 is 6.09 Å². The number of hydroxylamine groups is 2. The highest BCUT2D eigenvalue weighted by molar-refractivity contribution is 14.1. The largest absolute Gasteiger partial charge is 0.443 e. The molecule has 2 aromatic rings. The fraction of sp³-hybridized carbons (Fsp3) is 0.167. The topological polar surface area (TPSA) is 38.8 Å². The molecule has 1 amide bonds. The Balaban J connectivity index is 1.77. The average molecular weight is 421 g/mol. The van der Waals surface area contributed by atoms with E-state index >= 15 is 0 Å². The van der Waals surface area contributed by atoms with E-state index in [0.717, 1.165) is 26.0 Å². The van der Waals surface area contributed by atoms with Gasteiger partial charge in [-0.25, -0.2) is 4.79 Å². The van der Waals surface area contributed by atoms with E-state index in [-0.39, 0.29) is 6.61 Å². The van der Waals surface area contributed by atoms with Crippen molar-refractivity contribution in [3.8, 4) is 0 Å². The van der Waals surface area contributed by atoms with Crippen LogP contribution in [0.2, 0.25) is 0 Å². The standard InChI is InChI=1S/C18H16INO3/c1-13-7-5-6-10-15(13)17-16(19)12-23-20(17)18(21)22-11-14-8-3-2-4-9-14/h2-10H,11-12H2,1H3. The van der Waals surface area contributed by atoms with Gasteiger partial charge in [-0.1, -0.05) is 54.6 Å². The molecule has 0 saturated heterocycles. The Bertz CT molecular complexity index is 743. The maximum absolute atomic E-state index is 12.4. The number of rotatable bonds is 3. The van der Waals surface area contributed by atoms with Crippen molar-refractivity contribution in [2.75, 3.05) is 6.61 Å². The molecule has 0 radical (unpaired) electrons. The van der Waals surface area contributed by atoms with Gasteiger partial charge < -0.3 is 4.74 Å². The third-order valence-electron chi connectivity index (χ3n) is 3.55. The highest BCUT2D eigenvalue weighted by Crippen LogP contribution is 2.35. The molecular weight excluding hydrogens is 405 g/mol. The van der Waals surface area contributed by atoms with Gasteiger partial charge in [-0.3, -0.25) is 4.84 Å². The van der Waals surface area contributed by atoms with Crippen LogP contribution in [-0.4, -0.2) is 17.8 Å². The third kappa shape index (κ3) is 3.56. The van der Waals surface area contributed by atoms with Gasteiger partial charge >= 0.3 is 6.09 Å². The van der Waals surface area contributed by atoms with E-state index in [1.54, 1.807) is 0 Å². The number of hydrogen-bond donors (Lipinski definition) is 0. The molecule has 1 aliphatic rings. The molecule has 0 spiro atoms. The number of nitrogens with zero attached hydrogens (tertiary/aromatic N) is 1. The van der Waals surface area contributed by atoms with Gasteiger partial charge in [0.1, 0.15) is 13.2 Å². The molecule has 0 N–H and O–H groups in total. The summed E-state index contributed by atoms with van der Waals surface area (Å²) >= 11 is 2.21. The van der Waals surface area contributed by atoms with E-state index in [4.69, 9.17) is 9.57 Å². The number of hydrogen-bond acceptors (Lipinski definition) is 3. The summed E-state index contributed by atoms with van der Waals surface area (Å²) in [7, 11) is 0. The highest BCUT2D eigenvalue weighted by atomic mass is 127. The first-order valence-corrected chi connectivity index (χ1v) is 8.33. The van der Waals surface area contributed by atoms with Crippen molar-refractivity contribution in [2.24, 2.45) is 0 Å². The summed E-state index contributed by atoms with van der Waals surface area (Å²) in [5.74, 6) is 0. The Kier molecular flexibility index (Phi) is 4.97. The molecule has 0 fully saturated rings. The summed E-state index contributed by atoms with van der Waals surface area (Å²) in [6.45, 7) is 2.61. The number of halogens is 1. The van der Waals surface area contributed by atoms with Crippen molar-refractivity contribution in [1.29, 1.82) is 0 Å². The minimum absolute atomic E-state index is 0.219. The molecule has 0 aromatic heterocycles. The zero-order valence-corrected chi connectivity index (χ0v) is 14.8. The molecule has 3 rings (SSSR count). The molecule has 2 aromatic carbocycles. The molecule has 0 atom stereocenters. The second kappa shape index (κ2) is 7.14. The molecule has 1 aliphatic heterocycles. The zero-order valence-electron chi connectivity index (χ0n) is 12.7. The van der Waals surface area contributed by atoms with Crippen LogP contribution in [0.3, 0.4) is 0 Å². The summed E-state index contributed by atoms with van der Waals surface area (Å²) in [4.78, 5) is 17.9. The van der Waals surface area contributed by atoms with E-state index in [2.05, 4.69) is 22.6 Å². The Morgan fingerprint density at radius 2 is 1.87 bits per heavy atom. The maximum Gasteiger partial charge on any atom is 0.439 e. The quantitative estimate of drug-likeness (QED) is 0.676. The molecule has 0 bridgehead atoms. The maximum atomic E-state index is 12.4. The number of carbonyl (C=O) groups excluding carboxylic acids is 1. The Morgan fingerprint density at radius 3 is 2.61 bits per heavy atom. The molecule has 0 unspecified atom stereocenters. The van der Waals surface area contributed by atoms with E-state index in [1.165, 1.54) is 5.06 Å². The van der Waals surface area contributed by atoms with Crippen LogP contribution in [0.5, 0.6) is 0 Å². The lowest BCUT2D eigenvalue weighted by atomic mass is 10.1. The van der Waals surface area contributed by atoms with Gasteiger partial charge in [0, 0.05) is 9.14 Å². The van der Waals surface area contributed by atoms with Crippen LogP contribution in [0.25, 0.3) is 5.70 Å². The van der Waals surface area contributed by atoms with Crippen molar-refractivity contribution in [2.45, 2.75) is 13.5 Å². The van der Waals surface area contributed by atoms with E-state index in [0.29, 0.717) is 6.61 Å². The van der Waals surface area contributed by atoms with Gasteiger partial charge in [0.15, 0.2) is 0 Å². The van der Waals surface area contributed by atoms with Crippen molar-refractivity contribution < 1.29 is 14.4 Å². The third-order valence-corrected chi connectivity index (χ3v) is 4.37. The predicted molar refractivity (Wildman–Crippen MR) is 96.5 cm³/mol. The molecule has 1 heterocycles. The first kappa shape index (κ1) is 16.0. The summed E-state index contributed by atoms with van der Waals surface area (Å²) in [5.41, 5.74) is 3.77. The predicted octanol–water partition coefficient (Wildman–Crippen LogP) is 4.68. The fourth-order valence-electron chi connectivity index (χ4n) is 2.38. The first-order valence-electron chi connectivity index (χ1n) is 7.25. The zero-order chi connectivity index (χ0) is 16.2. The summed E-state index contributed by atoms with van der Waals surface area (Å²) in [5, 5.41) is 1.26. The van der Waals surface area contributed by atoms with Gasteiger partial charge in [0.2, 0.25) is 0 Å². The number of amides is 1. The normalized spacial score (nSPS) is 14.3. The monoisotopic (exact) mass is 421 g/mol. The average Bonchev–Trinajstić information content (AvgIpc) is 2.96. The molecule has 5 heteroatoms. The van der Waals surface area contributed by atoms with Crippen LogP contribution in [0.1, 0.15) is 16.7 Å². The van der Waals surface area contributed by atoms with Crippen LogP contribution in [0.4, 0.5) is 4.79 Å². The lowest BCUT2D eigenvalue weighted by Crippen LogP contribution is -2.27. The lowest BCUT2D eigenvalue weighted by Gasteiger charge is -2.19. The molecule has 4 nitrogen and oxygen atoms in total. The summed E-state index contributed by atoms with van der Waals surface area (Å²) < 4.78 is 6.36. The van der Waals surface area contributed by atoms with Gasteiger partial charge in [-0.2, -0.15) is 5.06 Å². The van der Waals surface area contributed by atoms with Crippen molar-refractivity contribution in [3.05, 3.63) is 74.9 Å². The van der Waals surface area contributed by atoms with Gasteiger partial charge in [-0.15, -0.1) is 0 Å². The second-order valence-corrected chi connectivity index (χ2v) is 6.48. The van der Waals surface area contributed by atoms with Crippen molar-refractivity contribution >= 4 is 34.4 Å². The van der Waals surface area contributed by atoms with E-state index in [9.17, 15) is 4.79 Å². The number of benzene rings is 2. The SMILES string of the molecule is Cc1ccccc1C1=C(I)CON1C(=O)OCc1ccccc1. The molecule has 0 saturated carbocycles. The van der Waals surface area contributed by atoms with Crippen LogP contribution in [-0.2, 0) is 16.2 Å². The molecular formula is C18H16INO3. The van der Waals surface area contributed by atoms with Crippen LogP contribution < -0.4 is 0 Å². The molecule has 118 valence electrons. The number of ether oxygens (including phenoxy) is 1. The minimum atomic E-state index is -0.501. The Labute approximate surface area is 148 Å². The summed E-state index contributed by atoms with van der Waals surface area (Å²) in [6, 6.07) is 17.5. The number of aryl methyl sites for hydroxylation is 1. The Morgan fingerprint density at radius 1 is 1.17 bits per heavy atom. The fourth-order valence-corrected chi connectivity index (χ4v) is 3.03. The molecule has 0 aliphatic carbocycles. The van der Waals surface area contributed by atoms with Crippen LogP contribution in [0, 0.1) is 6.92 Å². The minimum Gasteiger partial charge on any atom is -0.443 e. The van der Waals surface area contributed by atoms with Gasteiger partial charge in [-0.05, 0) is 40.6 Å². The molecule has 23 heavy (non-hydrogen) atoms. The second-order valence-electron chi connectivity index (χ2n) is 5.18. The van der Waals surface area contributed by atoms with Gasteiger partial charge in [0.05, 0.1) is 5.70 Å². The first-order chi connectivity index (χ1) is 11.2.